The third-order valence-corrected chi connectivity index (χ3v) is 2.39. The molecule has 3 rings (SSSR count). The maximum absolute atomic E-state index is 5.71. The van der Waals surface area contributed by atoms with Crippen LogP contribution in [0.25, 0.3) is 16.7 Å². The quantitative estimate of drug-likeness (QED) is 0.617. The van der Waals surface area contributed by atoms with Crippen molar-refractivity contribution < 1.29 is 0 Å². The smallest absolute Gasteiger partial charge is 0.149 e. The number of nitrogens with two attached hydrogens (primary N) is 1. The van der Waals surface area contributed by atoms with Crippen molar-refractivity contribution in [3.63, 3.8) is 0 Å². The summed E-state index contributed by atoms with van der Waals surface area (Å²) in [5.74, 6) is 0.808. The number of nitrogen functional groups attached to an aromatic ring is 1. The highest BCUT2D eigenvalue weighted by Gasteiger charge is 2.04. The minimum Gasteiger partial charge on any atom is -0.399 e. The van der Waals surface area contributed by atoms with Crippen molar-refractivity contribution in [2.45, 2.75) is 0 Å². The molecule has 1 aromatic carbocycles. The number of nitrogens with zero attached hydrogens (tertiary/aromatic N) is 4. The molecule has 0 aliphatic rings. The topological polar surface area (TPSA) is 69.6 Å². The van der Waals surface area contributed by atoms with E-state index in [0.29, 0.717) is 5.69 Å². The molecule has 3 aromatic rings. The highest BCUT2D eigenvalue weighted by atomic mass is 15.1. The predicted molar refractivity (Wildman–Crippen MR) is 61.1 cm³/mol. The lowest BCUT2D eigenvalue weighted by molar-refractivity contribution is 0.993. The SMILES string of the molecule is Nc1ccc2c(-n3ccnc3)ncnc2c1. The Morgan fingerprint density at radius 2 is 2.12 bits per heavy atom. The van der Waals surface area contributed by atoms with E-state index in [9.17, 15) is 0 Å². The van der Waals surface area contributed by atoms with Crippen molar-refractivity contribution in [3.05, 3.63) is 43.2 Å². The van der Waals surface area contributed by atoms with E-state index < -0.39 is 0 Å². The molecule has 0 saturated carbocycles. The summed E-state index contributed by atoms with van der Waals surface area (Å²) in [6.45, 7) is 0. The van der Waals surface area contributed by atoms with E-state index in [1.165, 1.54) is 6.33 Å². The lowest BCUT2D eigenvalue weighted by Gasteiger charge is -2.05. The zero-order chi connectivity index (χ0) is 11.0. The third-order valence-electron chi connectivity index (χ3n) is 2.39. The minimum atomic E-state index is 0.697. The number of imidazole rings is 1. The molecule has 0 fully saturated rings. The van der Waals surface area contributed by atoms with Gasteiger partial charge in [0.15, 0.2) is 0 Å². The molecule has 5 heteroatoms. The lowest BCUT2D eigenvalue weighted by Crippen LogP contribution is -1.97. The first-order valence-electron chi connectivity index (χ1n) is 4.83. The van der Waals surface area contributed by atoms with Crippen molar-refractivity contribution in [1.82, 2.24) is 19.5 Å². The molecule has 5 nitrogen and oxygen atoms in total. The molecule has 0 saturated heterocycles. The van der Waals surface area contributed by atoms with Gasteiger partial charge in [-0.05, 0) is 18.2 Å². The van der Waals surface area contributed by atoms with Gasteiger partial charge in [-0.3, -0.25) is 4.57 Å². The fraction of sp³-hybridized carbons (Fsp3) is 0. The van der Waals surface area contributed by atoms with Crippen LogP contribution in [0.15, 0.2) is 43.2 Å². The van der Waals surface area contributed by atoms with Crippen molar-refractivity contribution in [1.29, 1.82) is 0 Å². The second kappa shape index (κ2) is 3.30. The van der Waals surface area contributed by atoms with E-state index >= 15 is 0 Å². The van der Waals surface area contributed by atoms with Gasteiger partial charge in [0.05, 0.1) is 5.52 Å². The highest BCUT2D eigenvalue weighted by molar-refractivity contribution is 5.87. The van der Waals surface area contributed by atoms with E-state index in [-0.39, 0.29) is 0 Å². The van der Waals surface area contributed by atoms with E-state index in [2.05, 4.69) is 15.0 Å². The van der Waals surface area contributed by atoms with Gasteiger partial charge < -0.3 is 5.73 Å². The largest absolute Gasteiger partial charge is 0.399 e. The van der Waals surface area contributed by atoms with Gasteiger partial charge in [-0.25, -0.2) is 15.0 Å². The maximum atomic E-state index is 5.71. The van der Waals surface area contributed by atoms with E-state index in [1.54, 1.807) is 12.5 Å². The first kappa shape index (κ1) is 8.84. The molecule has 0 aliphatic carbocycles. The molecule has 0 amide bonds. The lowest BCUT2D eigenvalue weighted by atomic mass is 10.2. The molecule has 16 heavy (non-hydrogen) atoms. The van der Waals surface area contributed by atoms with Gasteiger partial charge in [0.25, 0.3) is 0 Å². The fourth-order valence-electron chi connectivity index (χ4n) is 1.65. The fourth-order valence-corrected chi connectivity index (χ4v) is 1.65. The molecule has 2 N–H and O–H groups in total. The summed E-state index contributed by atoms with van der Waals surface area (Å²) in [6.07, 6.45) is 6.79. The van der Waals surface area contributed by atoms with Crippen LogP contribution in [0.1, 0.15) is 0 Å². The van der Waals surface area contributed by atoms with Gasteiger partial charge in [-0.1, -0.05) is 0 Å². The zero-order valence-electron chi connectivity index (χ0n) is 8.41. The first-order chi connectivity index (χ1) is 7.84. The van der Waals surface area contributed by atoms with Gasteiger partial charge in [-0.2, -0.15) is 0 Å². The molecule has 0 radical (unpaired) electrons. The average Bonchev–Trinajstić information content (AvgIpc) is 2.81. The Morgan fingerprint density at radius 1 is 1.19 bits per heavy atom. The molecular weight excluding hydrogens is 202 g/mol. The molecule has 0 bridgehead atoms. The zero-order valence-corrected chi connectivity index (χ0v) is 8.41. The third kappa shape index (κ3) is 1.30. The standard InChI is InChI=1S/C11H9N5/c12-8-1-2-9-10(5-8)14-6-15-11(9)16-4-3-13-7-16/h1-7H,12H2. The number of hydrogen-bond donors (Lipinski definition) is 1. The summed E-state index contributed by atoms with van der Waals surface area (Å²) in [5, 5.41) is 0.953. The van der Waals surface area contributed by atoms with Gasteiger partial charge in [0.1, 0.15) is 18.5 Å². The van der Waals surface area contributed by atoms with Crippen LogP contribution < -0.4 is 5.73 Å². The molecule has 0 unspecified atom stereocenters. The highest BCUT2D eigenvalue weighted by Crippen LogP contribution is 2.19. The minimum absolute atomic E-state index is 0.697. The number of benzene rings is 1. The Labute approximate surface area is 91.6 Å². The number of rotatable bonds is 1. The average molecular weight is 211 g/mol. The van der Waals surface area contributed by atoms with Gasteiger partial charge in [0.2, 0.25) is 0 Å². The van der Waals surface area contributed by atoms with Gasteiger partial charge >= 0.3 is 0 Å². The summed E-state index contributed by atoms with van der Waals surface area (Å²) < 4.78 is 1.85. The van der Waals surface area contributed by atoms with E-state index in [1.807, 2.05) is 29.0 Å². The Balaban J connectivity index is 2.34. The number of fused-ring (bicyclic) bond motifs is 1. The van der Waals surface area contributed by atoms with Crippen LogP contribution >= 0.6 is 0 Å². The van der Waals surface area contributed by atoms with E-state index in [4.69, 9.17) is 5.73 Å². The second-order valence-corrected chi connectivity index (χ2v) is 3.44. The normalized spacial score (nSPS) is 10.8. The summed E-state index contributed by atoms with van der Waals surface area (Å²) in [5.41, 5.74) is 7.24. The monoisotopic (exact) mass is 211 g/mol. The molecule has 0 aliphatic heterocycles. The van der Waals surface area contributed by atoms with Crippen molar-refractivity contribution in [3.8, 4) is 5.82 Å². The summed E-state index contributed by atoms with van der Waals surface area (Å²) in [6, 6.07) is 5.59. The number of hydrogen-bond acceptors (Lipinski definition) is 4. The van der Waals surface area contributed by atoms with Crippen molar-refractivity contribution in [2.75, 3.05) is 5.73 Å². The Hall–Kier alpha value is -2.43. The summed E-state index contributed by atoms with van der Waals surface area (Å²) >= 11 is 0. The van der Waals surface area contributed by atoms with Crippen LogP contribution in [0.4, 0.5) is 5.69 Å². The van der Waals surface area contributed by atoms with Crippen molar-refractivity contribution in [2.24, 2.45) is 0 Å². The predicted octanol–water partition coefficient (Wildman–Crippen LogP) is 1.40. The molecule has 2 aromatic heterocycles. The molecule has 0 atom stereocenters. The van der Waals surface area contributed by atoms with Crippen LogP contribution in [-0.2, 0) is 0 Å². The van der Waals surface area contributed by atoms with Gasteiger partial charge in [-0.15, -0.1) is 0 Å². The molecular formula is C11H9N5. The van der Waals surface area contributed by atoms with Crippen LogP contribution in [0, 0.1) is 0 Å². The number of anilines is 1. The number of aromatic nitrogens is 4. The maximum Gasteiger partial charge on any atom is 0.149 e. The summed E-state index contributed by atoms with van der Waals surface area (Å²) in [7, 11) is 0. The summed E-state index contributed by atoms with van der Waals surface area (Å²) in [4.78, 5) is 12.4. The Kier molecular flexibility index (Phi) is 1.83. The van der Waals surface area contributed by atoms with Crippen LogP contribution in [-0.4, -0.2) is 19.5 Å². The molecule has 2 heterocycles. The Morgan fingerprint density at radius 3 is 2.94 bits per heavy atom. The van der Waals surface area contributed by atoms with Crippen molar-refractivity contribution >= 4 is 16.6 Å². The first-order valence-corrected chi connectivity index (χ1v) is 4.83. The van der Waals surface area contributed by atoms with Gasteiger partial charge in [0, 0.05) is 23.5 Å². The van der Waals surface area contributed by atoms with Crippen LogP contribution in [0.3, 0.4) is 0 Å². The molecule has 0 spiro atoms. The van der Waals surface area contributed by atoms with Crippen LogP contribution in [0.5, 0.6) is 0 Å². The van der Waals surface area contributed by atoms with E-state index in [0.717, 1.165) is 16.7 Å². The molecule has 78 valence electrons. The Bertz CT molecular complexity index is 630. The van der Waals surface area contributed by atoms with Crippen LogP contribution in [0.2, 0.25) is 0 Å². The second-order valence-electron chi connectivity index (χ2n) is 3.44.